The smallest absolute Gasteiger partial charge is 0.119 e. The van der Waals surface area contributed by atoms with Gasteiger partial charge in [0, 0.05) is 104 Å². The Morgan fingerprint density at radius 2 is 0.617 bits per heavy atom. The zero-order valence-electron chi connectivity index (χ0n) is 50.7. The van der Waals surface area contributed by atoms with Crippen molar-refractivity contribution in [3.8, 4) is 83.6 Å². The molecule has 4 N–H and O–H groups in total. The van der Waals surface area contributed by atoms with Crippen molar-refractivity contribution in [3.63, 3.8) is 0 Å². The van der Waals surface area contributed by atoms with Crippen LogP contribution >= 0.6 is 0 Å². The van der Waals surface area contributed by atoms with Gasteiger partial charge in [0.2, 0.25) is 0 Å². The number of ether oxygens (including phenoxy) is 1. The summed E-state index contributed by atoms with van der Waals surface area (Å²) in [6.45, 7) is 0. The molecule has 20 rings (SSSR count). The molecule has 0 saturated carbocycles. The van der Waals surface area contributed by atoms with E-state index in [1.54, 1.807) is 7.11 Å². The second kappa shape index (κ2) is 20.1. The van der Waals surface area contributed by atoms with Gasteiger partial charge in [-0.05, 0) is 123 Å². The van der Waals surface area contributed by atoms with Crippen LogP contribution in [0.1, 0.15) is 22.8 Å². The summed E-state index contributed by atoms with van der Waals surface area (Å²) in [5, 5.41) is 8.11. The highest BCUT2D eigenvalue weighted by atomic mass is 16.5. The first kappa shape index (κ1) is 52.1. The third kappa shape index (κ3) is 7.76. The van der Waals surface area contributed by atoms with E-state index in [-0.39, 0.29) is 0 Å². The molecule has 10 aromatic carbocycles. The van der Waals surface area contributed by atoms with E-state index in [0.717, 1.165) is 216 Å². The molecule has 94 heavy (non-hydrogen) atoms. The molecule has 0 saturated heterocycles. The van der Waals surface area contributed by atoms with Gasteiger partial charge in [-0.2, -0.15) is 0 Å². The summed E-state index contributed by atoms with van der Waals surface area (Å²) >= 11 is 0. The topological polar surface area (TPSA) is 124 Å². The number of benzene rings is 9. The maximum absolute atomic E-state index is 6.06. The summed E-state index contributed by atoms with van der Waals surface area (Å²) in [4.78, 5) is 40.1. The van der Waals surface area contributed by atoms with Crippen LogP contribution in [0, 0.1) is 0 Å². The molecule has 0 amide bonds. The standard InChI is InChI=1S/C85H52N8O/c1-94-54-34-20-33-53(41-54)76-63-37-35-60(86-63)72(48-23-10-3-11-24-48)66-42-55-56-43-68-74(50-27-14-5-15-28-50)62-39-40-65(88-62)78-77(52-31-18-7-19-32-52)71(47-21-8-2-9-22-47)59-46-70(93-85(59)78)75(51-29-16-6-17-30-51)69-45-58-57-44-67(73(49-25-12-4-13-26-49)61-36-38-64(76)87-61)90-83(57)79(81(55)89-66)80(82(56)91-68)84(58)92-69/h2-46,86,90-91,93H,1H3. The van der Waals surface area contributed by atoms with E-state index in [9.17, 15) is 0 Å². The van der Waals surface area contributed by atoms with Gasteiger partial charge < -0.3 is 24.7 Å². The van der Waals surface area contributed by atoms with Gasteiger partial charge in [-0.1, -0.05) is 194 Å². The van der Waals surface area contributed by atoms with Crippen molar-refractivity contribution in [1.82, 2.24) is 39.9 Å². The molecule has 0 atom stereocenters. The van der Waals surface area contributed by atoms with Gasteiger partial charge >= 0.3 is 0 Å². The zero-order valence-corrected chi connectivity index (χ0v) is 50.7. The molecule has 2 aliphatic rings. The molecular formula is C85H52N8O. The second-order valence-corrected chi connectivity index (χ2v) is 24.6. The summed E-state index contributed by atoms with van der Waals surface area (Å²) in [5.41, 5.74) is 28.6. The van der Waals surface area contributed by atoms with Crippen LogP contribution in [0.15, 0.2) is 249 Å². The fraction of sp³-hybridized carbons (Fsp3) is 0.0118. The van der Waals surface area contributed by atoms with Crippen molar-refractivity contribution in [2.24, 2.45) is 0 Å². The summed E-state index contributed by atoms with van der Waals surface area (Å²) in [5.74, 6) is 0.754. The highest BCUT2D eigenvalue weighted by molar-refractivity contribution is 6.40. The van der Waals surface area contributed by atoms with Crippen molar-refractivity contribution in [2.45, 2.75) is 0 Å². The van der Waals surface area contributed by atoms with E-state index in [1.807, 2.05) is 12.1 Å². The van der Waals surface area contributed by atoms with E-state index in [0.29, 0.717) is 0 Å². The lowest BCUT2D eigenvalue weighted by molar-refractivity contribution is 0.415. The number of H-pyrrole nitrogens is 4. The number of fused-ring (bicyclic) bond motifs is 14. The second-order valence-electron chi connectivity index (χ2n) is 24.6. The van der Waals surface area contributed by atoms with Crippen molar-refractivity contribution in [1.29, 1.82) is 0 Å². The van der Waals surface area contributed by atoms with Gasteiger partial charge in [-0.15, -0.1) is 0 Å². The number of aromatic amines is 4. The predicted octanol–water partition coefficient (Wildman–Crippen LogP) is 21.9. The molecule has 0 fully saturated rings. The molecule has 0 spiro atoms. The summed E-state index contributed by atoms with van der Waals surface area (Å²) in [6, 6.07) is 88.6. The van der Waals surface area contributed by atoms with Crippen LogP contribution in [0.5, 0.6) is 5.75 Å². The Labute approximate surface area is 537 Å². The third-order valence-electron chi connectivity index (χ3n) is 19.4. The normalized spacial score (nSPS) is 12.4. The third-order valence-corrected chi connectivity index (χ3v) is 19.4. The fourth-order valence-electron chi connectivity index (χ4n) is 15.4. The molecule has 16 bridgehead atoms. The summed E-state index contributed by atoms with van der Waals surface area (Å²) in [6.07, 6.45) is 8.72. The Bertz CT molecular complexity index is 6400. The van der Waals surface area contributed by atoms with Crippen LogP contribution in [0.4, 0.5) is 0 Å². The molecule has 8 aromatic heterocycles. The van der Waals surface area contributed by atoms with Crippen molar-refractivity contribution < 1.29 is 4.74 Å². The molecule has 438 valence electrons. The average molecular weight is 1200 g/mol. The lowest BCUT2D eigenvalue weighted by Crippen LogP contribution is -1.89. The first-order valence-electron chi connectivity index (χ1n) is 31.8. The number of methoxy groups -OCH3 is 1. The highest BCUT2D eigenvalue weighted by Crippen LogP contribution is 2.52. The predicted molar refractivity (Wildman–Crippen MR) is 390 cm³/mol. The number of nitrogens with zero attached hydrogens (tertiary/aromatic N) is 4. The van der Waals surface area contributed by atoms with Crippen molar-refractivity contribution in [3.05, 3.63) is 271 Å². The molecule has 2 aliphatic heterocycles. The summed E-state index contributed by atoms with van der Waals surface area (Å²) in [7, 11) is 1.71. The van der Waals surface area contributed by atoms with Gasteiger partial charge in [0.1, 0.15) is 5.75 Å². The highest BCUT2D eigenvalue weighted by Gasteiger charge is 2.29. The van der Waals surface area contributed by atoms with Gasteiger partial charge in [0.25, 0.3) is 0 Å². The van der Waals surface area contributed by atoms with Crippen LogP contribution in [0.25, 0.3) is 211 Å². The molecule has 0 unspecified atom stereocenters. The lowest BCUT2D eigenvalue weighted by Gasteiger charge is -2.08. The molecule has 9 heteroatoms. The molecule has 0 radical (unpaired) electrons. The molecule has 18 aromatic rings. The van der Waals surface area contributed by atoms with E-state index < -0.39 is 0 Å². The zero-order chi connectivity index (χ0) is 61.7. The Morgan fingerprint density at radius 1 is 0.255 bits per heavy atom. The van der Waals surface area contributed by atoms with E-state index >= 15 is 0 Å². The number of hydrogen-bond donors (Lipinski definition) is 4. The molecular weight excluding hydrogens is 1150 g/mol. The number of nitrogens with one attached hydrogen (secondary N) is 4. The Kier molecular flexibility index (Phi) is 11.2. The molecule has 10 heterocycles. The van der Waals surface area contributed by atoms with Gasteiger partial charge in [0.15, 0.2) is 0 Å². The molecule has 0 aliphatic carbocycles. The van der Waals surface area contributed by atoms with Crippen LogP contribution in [0.3, 0.4) is 0 Å². The first-order valence-corrected chi connectivity index (χ1v) is 31.8. The lowest BCUT2D eigenvalue weighted by atomic mass is 9.95. The van der Waals surface area contributed by atoms with E-state index in [4.69, 9.17) is 24.7 Å². The van der Waals surface area contributed by atoms with Crippen molar-refractivity contribution >= 4 is 134 Å². The molecule has 9 nitrogen and oxygen atoms in total. The minimum absolute atomic E-state index is 0.754. The van der Waals surface area contributed by atoms with Gasteiger partial charge in [-0.3, -0.25) is 0 Å². The fourth-order valence-corrected chi connectivity index (χ4v) is 15.4. The van der Waals surface area contributed by atoms with Crippen LogP contribution in [0.2, 0.25) is 0 Å². The Hall–Kier alpha value is -12.7. The average Bonchev–Trinajstić information content (AvgIpc) is 1.52. The Balaban J connectivity index is 1.05. The monoisotopic (exact) mass is 1200 g/mol. The minimum Gasteiger partial charge on any atom is -0.497 e. The number of aromatic nitrogens is 8. The van der Waals surface area contributed by atoms with Crippen LogP contribution in [-0.2, 0) is 0 Å². The van der Waals surface area contributed by atoms with Crippen LogP contribution in [-0.4, -0.2) is 47.0 Å². The van der Waals surface area contributed by atoms with Gasteiger partial charge in [0.05, 0.1) is 68.5 Å². The van der Waals surface area contributed by atoms with Gasteiger partial charge in [-0.25, -0.2) is 19.9 Å². The maximum Gasteiger partial charge on any atom is 0.119 e. The van der Waals surface area contributed by atoms with Crippen molar-refractivity contribution in [2.75, 3.05) is 7.11 Å². The SMILES string of the molecule is COc1cccc(-c2c3nc(c(-c4ccccc4)c4cc5c6cc7nc6c6c8[nH]c(cc8c8cc(nc8c6c5[nH]4)c(-c4ccccc4)c4ccc2[nH]4)c(-c2ccccc2)c2nc(c4c(-c5ccccc5)c(-c5ccccc5)c5cc([nH]c54)c7-c4ccccc4)C=C2)C=C3)c1. The minimum atomic E-state index is 0.754. The van der Waals surface area contributed by atoms with E-state index in [2.05, 4.69) is 281 Å². The van der Waals surface area contributed by atoms with Crippen LogP contribution < -0.4 is 4.74 Å². The Morgan fingerprint density at radius 3 is 1.10 bits per heavy atom. The van der Waals surface area contributed by atoms with E-state index in [1.165, 1.54) is 0 Å². The first-order chi connectivity index (χ1) is 46.5. The number of hydrogen-bond acceptors (Lipinski definition) is 5. The largest absolute Gasteiger partial charge is 0.497 e. The maximum atomic E-state index is 6.06. The number of rotatable bonds is 8. The quantitative estimate of drug-likeness (QED) is 0.121. The summed E-state index contributed by atoms with van der Waals surface area (Å²) < 4.78 is 5.89.